The Morgan fingerprint density at radius 2 is 1.64 bits per heavy atom. The van der Waals surface area contributed by atoms with Gasteiger partial charge in [-0.1, -0.05) is 26.7 Å². The Labute approximate surface area is 88.7 Å². The van der Waals surface area contributed by atoms with Crippen LogP contribution in [0, 0.1) is 0 Å². The second kappa shape index (κ2) is 5.35. The maximum absolute atomic E-state index is 2.42. The van der Waals surface area contributed by atoms with Gasteiger partial charge in [-0.25, -0.2) is 0 Å². The first-order valence-corrected chi connectivity index (χ1v) is 5.97. The molecule has 0 aliphatic carbocycles. The van der Waals surface area contributed by atoms with Crippen LogP contribution in [0.25, 0.3) is 0 Å². The quantitative estimate of drug-likeness (QED) is 0.564. The fourth-order valence-corrected chi connectivity index (χ4v) is 2.05. The van der Waals surface area contributed by atoms with Crippen molar-refractivity contribution in [2.24, 2.45) is 0 Å². The van der Waals surface area contributed by atoms with Crippen LogP contribution in [0.2, 0.25) is 0 Å². The molecule has 80 valence electrons. The molecule has 0 aromatic heterocycles. The molecule has 0 saturated heterocycles. The molecule has 0 amide bonds. The minimum absolute atomic E-state index is 1.10. The molecule has 0 saturated carbocycles. The van der Waals surface area contributed by atoms with Gasteiger partial charge in [-0.3, -0.25) is 4.48 Å². The molecule has 1 aliphatic rings. The summed E-state index contributed by atoms with van der Waals surface area (Å²) in [5.41, 5.74) is 1.43. The van der Waals surface area contributed by atoms with E-state index in [0.717, 1.165) is 4.48 Å². The molecule has 0 spiro atoms. The zero-order valence-corrected chi connectivity index (χ0v) is 9.92. The van der Waals surface area contributed by atoms with Crippen molar-refractivity contribution in [2.45, 2.75) is 46.5 Å². The van der Waals surface area contributed by atoms with Crippen molar-refractivity contribution in [2.75, 3.05) is 13.1 Å². The van der Waals surface area contributed by atoms with Gasteiger partial charge < -0.3 is 0 Å². The summed E-state index contributed by atoms with van der Waals surface area (Å²) in [6.07, 6.45) is 12.3. The number of rotatable bonds is 6. The molecule has 0 unspecified atom stereocenters. The average Bonchev–Trinajstić information content (AvgIpc) is 2.55. The van der Waals surface area contributed by atoms with Crippen LogP contribution >= 0.6 is 0 Å². The molecule has 0 fully saturated rings. The van der Waals surface area contributed by atoms with Crippen LogP contribution in [-0.4, -0.2) is 17.6 Å². The predicted molar refractivity (Wildman–Crippen MR) is 62.7 cm³/mol. The second-order valence-corrected chi connectivity index (χ2v) is 4.45. The van der Waals surface area contributed by atoms with E-state index in [-0.39, 0.29) is 0 Å². The van der Waals surface area contributed by atoms with E-state index in [1.807, 2.05) is 0 Å². The molecule has 0 aromatic rings. The highest BCUT2D eigenvalue weighted by molar-refractivity contribution is 5.16. The van der Waals surface area contributed by atoms with E-state index < -0.39 is 0 Å². The van der Waals surface area contributed by atoms with Gasteiger partial charge in [0.05, 0.1) is 13.1 Å². The van der Waals surface area contributed by atoms with Crippen LogP contribution in [0.5, 0.6) is 0 Å². The Hall–Kier alpha value is -0.560. The number of allylic oxidation sites excluding steroid dienone is 2. The van der Waals surface area contributed by atoms with Crippen molar-refractivity contribution in [3.63, 3.8) is 0 Å². The third-order valence-corrected chi connectivity index (χ3v) is 2.95. The van der Waals surface area contributed by atoms with Gasteiger partial charge in [0.25, 0.3) is 0 Å². The van der Waals surface area contributed by atoms with Crippen LogP contribution in [-0.2, 0) is 0 Å². The molecule has 0 bridgehead atoms. The predicted octanol–water partition coefficient (Wildman–Crippen LogP) is 3.83. The van der Waals surface area contributed by atoms with Crippen molar-refractivity contribution in [1.82, 2.24) is 0 Å². The molecule has 1 nitrogen and oxygen atoms in total. The molecule has 1 aliphatic heterocycles. The van der Waals surface area contributed by atoms with Crippen LogP contribution < -0.4 is 0 Å². The molecule has 0 radical (unpaired) electrons. The monoisotopic (exact) mass is 194 g/mol. The lowest BCUT2D eigenvalue weighted by atomic mass is 10.2. The first kappa shape index (κ1) is 11.5. The highest BCUT2D eigenvalue weighted by Gasteiger charge is 2.24. The molecule has 0 atom stereocenters. The highest BCUT2D eigenvalue weighted by atomic mass is 15.3. The molecule has 1 heteroatoms. The van der Waals surface area contributed by atoms with Crippen molar-refractivity contribution < 1.29 is 4.48 Å². The van der Waals surface area contributed by atoms with E-state index >= 15 is 0 Å². The minimum atomic E-state index is 1.10. The first-order valence-electron chi connectivity index (χ1n) is 5.97. The Kier molecular flexibility index (Phi) is 4.40. The summed E-state index contributed by atoms with van der Waals surface area (Å²) in [6, 6.07) is 0. The van der Waals surface area contributed by atoms with Gasteiger partial charge in [0, 0.05) is 5.57 Å². The van der Waals surface area contributed by atoms with Crippen LogP contribution in [0.4, 0.5) is 0 Å². The number of nitrogens with zero attached hydrogens (tertiary/aromatic N) is 1. The van der Waals surface area contributed by atoms with Gasteiger partial charge in [0.15, 0.2) is 0 Å². The summed E-state index contributed by atoms with van der Waals surface area (Å²) in [4.78, 5) is 0. The zero-order chi connectivity index (χ0) is 10.4. The minimum Gasteiger partial charge on any atom is -0.271 e. The number of unbranched alkanes of at least 4 members (excludes halogenated alkanes) is 2. The summed E-state index contributed by atoms with van der Waals surface area (Å²) in [5, 5.41) is 0. The van der Waals surface area contributed by atoms with E-state index in [0.29, 0.717) is 0 Å². The van der Waals surface area contributed by atoms with Crippen LogP contribution in [0.15, 0.2) is 24.0 Å². The van der Waals surface area contributed by atoms with Crippen LogP contribution in [0.3, 0.4) is 0 Å². The van der Waals surface area contributed by atoms with E-state index in [2.05, 4.69) is 39.2 Å². The molecular weight excluding hydrogens is 170 g/mol. The standard InChI is InChI=1S/C13H24N/c1-4-6-9-14(10-7-5-2)11-8-13(3)12-14/h8,11-12H,4-7,9-10H2,1-3H3/q+1. The second-order valence-electron chi connectivity index (χ2n) is 4.45. The lowest BCUT2D eigenvalue weighted by Gasteiger charge is -2.28. The smallest absolute Gasteiger partial charge is 0.104 e. The summed E-state index contributed by atoms with van der Waals surface area (Å²) < 4.78 is 1.10. The Morgan fingerprint density at radius 1 is 1.07 bits per heavy atom. The summed E-state index contributed by atoms with van der Waals surface area (Å²) >= 11 is 0. The number of hydrogen-bond acceptors (Lipinski definition) is 0. The summed E-state index contributed by atoms with van der Waals surface area (Å²) in [5.74, 6) is 0. The fourth-order valence-electron chi connectivity index (χ4n) is 2.05. The highest BCUT2D eigenvalue weighted by Crippen LogP contribution is 2.22. The van der Waals surface area contributed by atoms with Gasteiger partial charge in [-0.05, 0) is 25.8 Å². The summed E-state index contributed by atoms with van der Waals surface area (Å²) in [6.45, 7) is 9.31. The van der Waals surface area contributed by atoms with E-state index in [4.69, 9.17) is 0 Å². The van der Waals surface area contributed by atoms with E-state index in [9.17, 15) is 0 Å². The van der Waals surface area contributed by atoms with Gasteiger partial charge in [-0.2, -0.15) is 0 Å². The third-order valence-electron chi connectivity index (χ3n) is 2.95. The van der Waals surface area contributed by atoms with Gasteiger partial charge >= 0.3 is 0 Å². The molecule has 0 N–H and O–H groups in total. The SMILES string of the molecule is CCCC[N+]1(CCCC)C=CC(C)=C1. The Morgan fingerprint density at radius 3 is 2.00 bits per heavy atom. The third kappa shape index (κ3) is 2.98. The van der Waals surface area contributed by atoms with Crippen molar-refractivity contribution >= 4 is 0 Å². The van der Waals surface area contributed by atoms with Crippen molar-refractivity contribution in [3.05, 3.63) is 24.0 Å². The van der Waals surface area contributed by atoms with Crippen molar-refractivity contribution in [1.29, 1.82) is 0 Å². The molecule has 1 rings (SSSR count). The largest absolute Gasteiger partial charge is 0.271 e. The lowest BCUT2D eigenvalue weighted by molar-refractivity contribution is -0.826. The Balaban J connectivity index is 2.57. The molecule has 14 heavy (non-hydrogen) atoms. The van der Waals surface area contributed by atoms with Gasteiger partial charge in [0.1, 0.15) is 12.4 Å². The first-order chi connectivity index (χ1) is 6.72. The maximum atomic E-state index is 2.42. The van der Waals surface area contributed by atoms with E-state index in [1.165, 1.54) is 44.3 Å². The van der Waals surface area contributed by atoms with Gasteiger partial charge in [-0.15, -0.1) is 0 Å². The molecule has 1 heterocycles. The maximum Gasteiger partial charge on any atom is 0.104 e. The van der Waals surface area contributed by atoms with Crippen LogP contribution in [0.1, 0.15) is 46.5 Å². The molecular formula is C13H24N+. The van der Waals surface area contributed by atoms with Crippen molar-refractivity contribution in [3.8, 4) is 0 Å². The van der Waals surface area contributed by atoms with Gasteiger partial charge in [0.2, 0.25) is 0 Å². The van der Waals surface area contributed by atoms with E-state index in [1.54, 1.807) is 0 Å². The lowest BCUT2D eigenvalue weighted by Crippen LogP contribution is -2.37. The number of quaternary nitrogens is 1. The zero-order valence-electron chi connectivity index (χ0n) is 9.92. The molecule has 0 aromatic carbocycles. The fraction of sp³-hybridized carbons (Fsp3) is 0.692. The Bertz CT molecular complexity index is 217. The summed E-state index contributed by atoms with van der Waals surface area (Å²) in [7, 11) is 0. The average molecular weight is 194 g/mol. The number of hydrogen-bond donors (Lipinski definition) is 0. The normalized spacial score (nSPS) is 18.6. The topological polar surface area (TPSA) is 0 Å².